The third-order valence-corrected chi connectivity index (χ3v) is 12.7. The fourth-order valence-corrected chi connectivity index (χ4v) is 8.20. The van der Waals surface area contributed by atoms with E-state index in [9.17, 15) is 33.8 Å². The van der Waals surface area contributed by atoms with Gasteiger partial charge in [-0.05, 0) is 57.3 Å². The van der Waals surface area contributed by atoms with Crippen LogP contribution in [0.25, 0.3) is 0 Å². The lowest BCUT2D eigenvalue weighted by molar-refractivity contribution is -0.161. The minimum Gasteiger partial charge on any atom is -0.462 e. The second-order valence-corrected chi connectivity index (χ2v) is 20.6. The van der Waals surface area contributed by atoms with Crippen LogP contribution in [0.4, 0.5) is 0 Å². The number of hydrogen-bond acceptors (Lipinski definition) is 11. The zero-order valence-corrected chi connectivity index (χ0v) is 43.6. The summed E-state index contributed by atoms with van der Waals surface area (Å²) in [6, 6.07) is 0. The van der Waals surface area contributed by atoms with E-state index in [0.717, 1.165) is 57.3 Å². The average Bonchev–Trinajstić information content (AvgIpc) is 3.28. The van der Waals surface area contributed by atoms with Gasteiger partial charge in [-0.2, -0.15) is 0 Å². The Morgan fingerprint density at radius 2 is 0.955 bits per heavy atom. The lowest BCUT2D eigenvalue weighted by Crippen LogP contribution is -2.29. The van der Waals surface area contributed by atoms with Crippen LogP contribution in [-0.4, -0.2) is 81.6 Å². The Kier molecular flexibility index (Phi) is 43.9. The molecule has 0 radical (unpaired) electrons. The van der Waals surface area contributed by atoms with Crippen LogP contribution in [0.1, 0.15) is 213 Å². The molecule has 0 rings (SSSR count). The quantitative estimate of drug-likeness (QED) is 0.0166. The Morgan fingerprint density at radius 3 is 1.46 bits per heavy atom. The Morgan fingerprint density at radius 1 is 0.507 bits per heavy atom. The van der Waals surface area contributed by atoms with Gasteiger partial charge in [-0.15, -0.1) is 0 Å². The maximum Gasteiger partial charge on any atom is 0.472 e. The third-order valence-electron chi connectivity index (χ3n) is 11.3. The van der Waals surface area contributed by atoms with Gasteiger partial charge in [0.25, 0.3) is 0 Å². The van der Waals surface area contributed by atoms with Gasteiger partial charge >= 0.3 is 27.6 Å². The van der Waals surface area contributed by atoms with E-state index >= 15 is 0 Å². The molecule has 3 unspecified atom stereocenters. The Bertz CT molecular complexity index is 1400. The van der Waals surface area contributed by atoms with Crippen molar-refractivity contribution in [3.63, 3.8) is 0 Å². The molecule has 5 N–H and O–H groups in total. The minimum atomic E-state index is -4.88. The number of rotatable bonds is 48. The van der Waals surface area contributed by atoms with Crippen molar-refractivity contribution in [2.75, 3.05) is 26.4 Å². The molecule has 0 bridgehead atoms. The summed E-state index contributed by atoms with van der Waals surface area (Å²) in [5.41, 5.74) is 0. The molecule has 5 atom stereocenters. The van der Waals surface area contributed by atoms with Crippen molar-refractivity contribution in [3.8, 4) is 0 Å². The molecule has 14 nitrogen and oxygen atoms in total. The second-order valence-electron chi connectivity index (χ2n) is 17.9. The normalized spacial score (nSPS) is 15.2. The van der Waals surface area contributed by atoms with Gasteiger partial charge in [0.05, 0.1) is 25.9 Å². The maximum absolute atomic E-state index is 12.7. The number of aliphatic hydroxyl groups is 2. The van der Waals surface area contributed by atoms with E-state index in [4.69, 9.17) is 28.3 Å². The standard InChI is InChI=1S/C51H94O14P2/c1-4-37-47(52)39-34-30-26-22-18-14-12-16-20-24-28-32-36-41-51(55)65-49(45-64-67(59,60)63-43-48(53)42-62-66(56,57)58)44-61-50(54)40-35-31-27-23-19-15-11-9-7-6-8-10-13-17-21-25-29-33-38-46(3)5-2/h12,16,18,22,24,28,30,34,46-49,52-53H,4-11,13-15,17,19-21,23,25-27,29,31-33,35-45H2,1-3H3,(H,59,60)(H2,56,57,58)/b16-12-,22-18-,28-24-,34-30-/t46?,47?,48-,49+/m0/s1. The number of phosphoric acid groups is 2. The van der Waals surface area contributed by atoms with Gasteiger partial charge in [0, 0.05) is 12.8 Å². The van der Waals surface area contributed by atoms with Crippen molar-refractivity contribution >= 4 is 27.6 Å². The van der Waals surface area contributed by atoms with Gasteiger partial charge in [0.1, 0.15) is 12.7 Å². The molecular weight excluding hydrogens is 898 g/mol. The Hall–Kier alpha value is -1.96. The topological polar surface area (TPSA) is 216 Å². The van der Waals surface area contributed by atoms with E-state index in [1.165, 1.54) is 103 Å². The van der Waals surface area contributed by atoms with Crippen molar-refractivity contribution in [2.45, 2.75) is 232 Å². The monoisotopic (exact) mass is 993 g/mol. The molecule has 0 aliphatic carbocycles. The largest absolute Gasteiger partial charge is 0.472 e. The molecule has 0 aromatic rings. The van der Waals surface area contributed by atoms with Crippen LogP contribution >= 0.6 is 15.6 Å². The van der Waals surface area contributed by atoms with Gasteiger partial charge in [-0.3, -0.25) is 23.2 Å². The highest BCUT2D eigenvalue weighted by Crippen LogP contribution is 2.44. The summed E-state index contributed by atoms with van der Waals surface area (Å²) in [4.78, 5) is 52.9. The number of hydrogen-bond donors (Lipinski definition) is 5. The lowest BCUT2D eigenvalue weighted by atomic mass is 9.99. The second kappa shape index (κ2) is 45.2. The van der Waals surface area contributed by atoms with Crippen molar-refractivity contribution in [2.24, 2.45) is 5.92 Å². The average molecular weight is 993 g/mol. The van der Waals surface area contributed by atoms with Gasteiger partial charge in [-0.1, -0.05) is 198 Å². The molecule has 0 aromatic carbocycles. The number of carbonyl (C=O) groups is 2. The highest BCUT2D eigenvalue weighted by molar-refractivity contribution is 7.47. The maximum atomic E-state index is 12.7. The molecule has 16 heteroatoms. The van der Waals surface area contributed by atoms with Crippen molar-refractivity contribution in [3.05, 3.63) is 48.6 Å². The first-order chi connectivity index (χ1) is 32.2. The number of esters is 2. The van der Waals surface area contributed by atoms with E-state index in [0.29, 0.717) is 25.7 Å². The van der Waals surface area contributed by atoms with Crippen LogP contribution in [0, 0.1) is 5.92 Å². The van der Waals surface area contributed by atoms with Gasteiger partial charge in [0.15, 0.2) is 6.10 Å². The molecular formula is C51H94O14P2. The number of phosphoric ester groups is 2. The van der Waals surface area contributed by atoms with Gasteiger partial charge in [0.2, 0.25) is 0 Å². The molecule has 0 aliphatic rings. The molecule has 0 spiro atoms. The molecule has 0 aromatic heterocycles. The number of allylic oxidation sites excluding steroid dienone is 7. The number of unbranched alkanes of at least 4 members (excludes halogenated alkanes) is 18. The fraction of sp³-hybridized carbons (Fsp3) is 0.804. The first-order valence-electron chi connectivity index (χ1n) is 25.8. The summed E-state index contributed by atoms with van der Waals surface area (Å²) in [6.07, 6.45) is 44.5. The van der Waals surface area contributed by atoms with Crippen molar-refractivity contribution in [1.29, 1.82) is 0 Å². The molecule has 0 saturated heterocycles. The van der Waals surface area contributed by atoms with E-state index in [1.54, 1.807) is 0 Å². The summed E-state index contributed by atoms with van der Waals surface area (Å²) in [7, 11) is -9.71. The highest BCUT2D eigenvalue weighted by atomic mass is 31.2. The van der Waals surface area contributed by atoms with Crippen LogP contribution in [0.2, 0.25) is 0 Å². The molecule has 392 valence electrons. The fourth-order valence-electron chi connectivity index (χ4n) is 7.04. The third kappa shape index (κ3) is 48.8. The molecule has 0 fully saturated rings. The van der Waals surface area contributed by atoms with E-state index in [2.05, 4.69) is 55.7 Å². The predicted octanol–water partition coefficient (Wildman–Crippen LogP) is 13.0. The molecule has 0 heterocycles. The lowest BCUT2D eigenvalue weighted by Gasteiger charge is -2.20. The van der Waals surface area contributed by atoms with Crippen molar-refractivity contribution < 1.29 is 66.7 Å². The van der Waals surface area contributed by atoms with E-state index in [-0.39, 0.29) is 18.9 Å². The number of aliphatic hydroxyl groups excluding tert-OH is 2. The summed E-state index contributed by atoms with van der Waals surface area (Å²) < 4.78 is 47.9. The van der Waals surface area contributed by atoms with E-state index < -0.39 is 66.2 Å². The smallest absolute Gasteiger partial charge is 0.462 e. The number of ether oxygens (including phenoxy) is 2. The van der Waals surface area contributed by atoms with Gasteiger partial charge in [-0.25, -0.2) is 9.13 Å². The summed E-state index contributed by atoms with van der Waals surface area (Å²) in [6.45, 7) is 3.91. The SMILES string of the molecule is CCCC(O)C/C=C\C/C=C\C/C=C\C/C=C\CCCC(=O)O[C@H](COC(=O)CCCCCCCCCCCCCCCCCCCCC(C)CC)COP(=O)(O)OC[C@@H](O)COP(=O)(O)O. The number of carbonyl (C=O) groups excluding carboxylic acids is 2. The van der Waals surface area contributed by atoms with Crippen molar-refractivity contribution in [1.82, 2.24) is 0 Å². The molecule has 67 heavy (non-hydrogen) atoms. The molecule has 0 amide bonds. The van der Waals surface area contributed by atoms with Crippen LogP contribution in [0.5, 0.6) is 0 Å². The summed E-state index contributed by atoms with van der Waals surface area (Å²) in [5.74, 6) is -0.229. The van der Waals surface area contributed by atoms with E-state index in [1.807, 2.05) is 18.2 Å². The van der Waals surface area contributed by atoms with Crippen LogP contribution in [0.15, 0.2) is 48.6 Å². The van der Waals surface area contributed by atoms with Crippen LogP contribution < -0.4 is 0 Å². The first kappa shape index (κ1) is 65.0. The zero-order chi connectivity index (χ0) is 49.7. The minimum absolute atomic E-state index is 0.0412. The summed E-state index contributed by atoms with van der Waals surface area (Å²) in [5, 5.41) is 19.5. The molecule has 0 aliphatic heterocycles. The zero-order valence-electron chi connectivity index (χ0n) is 41.8. The van der Waals surface area contributed by atoms with Crippen LogP contribution in [0.3, 0.4) is 0 Å². The van der Waals surface area contributed by atoms with Gasteiger partial charge < -0.3 is 34.4 Å². The first-order valence-corrected chi connectivity index (χ1v) is 28.8. The predicted molar refractivity (Wildman–Crippen MR) is 268 cm³/mol. The van der Waals surface area contributed by atoms with Crippen LogP contribution in [-0.2, 0) is 41.8 Å². The molecule has 0 saturated carbocycles. The highest BCUT2D eigenvalue weighted by Gasteiger charge is 2.28. The Balaban J connectivity index is 4.46. The summed E-state index contributed by atoms with van der Waals surface area (Å²) >= 11 is 0. The Labute approximate surface area is 405 Å².